The number of halogens is 3. The summed E-state index contributed by atoms with van der Waals surface area (Å²) in [4.78, 5) is 12.4. The number of aromatic nitrogens is 2. The normalized spacial score (nSPS) is 10.8. The first-order valence-corrected chi connectivity index (χ1v) is 8.27. The topological polar surface area (TPSA) is 46.9 Å². The Balaban J connectivity index is 1.85. The monoisotopic (exact) mass is 375 g/mol. The van der Waals surface area contributed by atoms with E-state index in [2.05, 4.69) is 10.4 Å². The van der Waals surface area contributed by atoms with Gasteiger partial charge in [0.05, 0.1) is 17.1 Å². The van der Waals surface area contributed by atoms with Crippen molar-refractivity contribution in [2.24, 2.45) is 7.05 Å². The van der Waals surface area contributed by atoms with Crippen LogP contribution in [0, 0.1) is 5.82 Å². The quantitative estimate of drug-likeness (QED) is 0.712. The van der Waals surface area contributed by atoms with Gasteiger partial charge in [0.25, 0.3) is 0 Å². The summed E-state index contributed by atoms with van der Waals surface area (Å²) in [5, 5.41) is 7.04. The van der Waals surface area contributed by atoms with Crippen molar-refractivity contribution in [1.29, 1.82) is 0 Å². The second kappa shape index (κ2) is 7.66. The highest BCUT2D eigenvalue weighted by atomic mass is 35.5. The van der Waals surface area contributed by atoms with Gasteiger partial charge in [0, 0.05) is 35.6 Å². The maximum atomic E-state index is 13.3. The van der Waals surface area contributed by atoms with Gasteiger partial charge in [0.1, 0.15) is 12.5 Å². The van der Waals surface area contributed by atoms with Gasteiger partial charge in [-0.3, -0.25) is 9.48 Å². The highest BCUT2D eigenvalue weighted by Gasteiger charge is 2.15. The van der Waals surface area contributed by atoms with Crippen LogP contribution in [0.3, 0.4) is 0 Å². The maximum Gasteiger partial charge on any atom is 0.228 e. The number of hydrogen-bond acceptors (Lipinski definition) is 2. The molecule has 134 valence electrons. The number of aryl methyl sites for hydroxylation is 1. The third-order valence-corrected chi connectivity index (χ3v) is 4.20. The van der Waals surface area contributed by atoms with Crippen LogP contribution in [-0.2, 0) is 24.9 Å². The molecule has 0 saturated carbocycles. The smallest absolute Gasteiger partial charge is 0.228 e. The molecule has 0 bridgehead atoms. The van der Waals surface area contributed by atoms with Crippen LogP contribution in [0.4, 0.5) is 14.5 Å². The van der Waals surface area contributed by atoms with Crippen LogP contribution in [0.1, 0.15) is 11.3 Å². The van der Waals surface area contributed by atoms with Crippen LogP contribution in [0.15, 0.2) is 48.7 Å². The van der Waals surface area contributed by atoms with Gasteiger partial charge in [-0.25, -0.2) is 8.78 Å². The molecule has 1 N–H and O–H groups in total. The standard InChI is InChI=1S/C19H16ClF2N3O/c1-25-11-12(18(10-21)24-25)8-19(26)23-17-5-3-2-4-15(17)14-7-6-13(22)9-16(14)20/h2-7,9,11H,8,10H2,1H3,(H,23,26). The van der Waals surface area contributed by atoms with Gasteiger partial charge in [-0.05, 0) is 24.3 Å². The molecular formula is C19H16ClF2N3O. The predicted octanol–water partition coefficient (Wildman–Crippen LogP) is 4.53. The summed E-state index contributed by atoms with van der Waals surface area (Å²) in [6.07, 6.45) is 1.62. The molecule has 26 heavy (non-hydrogen) atoms. The minimum Gasteiger partial charge on any atom is -0.325 e. The lowest BCUT2D eigenvalue weighted by Gasteiger charge is -2.12. The summed E-state index contributed by atoms with van der Waals surface area (Å²) in [6, 6.07) is 11.2. The third kappa shape index (κ3) is 3.91. The zero-order valence-corrected chi connectivity index (χ0v) is 14.7. The molecular weight excluding hydrogens is 360 g/mol. The van der Waals surface area contributed by atoms with Gasteiger partial charge >= 0.3 is 0 Å². The molecule has 0 aliphatic heterocycles. The lowest BCUT2D eigenvalue weighted by atomic mass is 10.0. The van der Waals surface area contributed by atoms with Gasteiger partial charge in [-0.15, -0.1) is 0 Å². The van der Waals surface area contributed by atoms with Crippen LogP contribution < -0.4 is 5.32 Å². The second-order valence-corrected chi connectivity index (χ2v) is 6.21. The van der Waals surface area contributed by atoms with Gasteiger partial charge in [-0.2, -0.15) is 5.10 Å². The molecule has 3 aromatic rings. The number of alkyl halides is 1. The van der Waals surface area contributed by atoms with Crippen LogP contribution in [0.5, 0.6) is 0 Å². The highest BCUT2D eigenvalue weighted by Crippen LogP contribution is 2.33. The molecule has 0 atom stereocenters. The van der Waals surface area contributed by atoms with Crippen LogP contribution in [0.2, 0.25) is 5.02 Å². The first-order chi connectivity index (χ1) is 12.5. The predicted molar refractivity (Wildman–Crippen MR) is 97.2 cm³/mol. The Morgan fingerprint density at radius 2 is 2.00 bits per heavy atom. The fourth-order valence-electron chi connectivity index (χ4n) is 2.75. The van der Waals surface area contributed by atoms with Crippen molar-refractivity contribution in [2.75, 3.05) is 5.32 Å². The molecule has 1 amide bonds. The van der Waals surface area contributed by atoms with E-state index in [-0.39, 0.29) is 23.0 Å². The largest absolute Gasteiger partial charge is 0.325 e. The van der Waals surface area contributed by atoms with Gasteiger partial charge in [0.2, 0.25) is 5.91 Å². The number of anilines is 1. The lowest BCUT2D eigenvalue weighted by molar-refractivity contribution is -0.115. The summed E-state index contributed by atoms with van der Waals surface area (Å²) in [5.41, 5.74) is 2.59. The average molecular weight is 376 g/mol. The Morgan fingerprint density at radius 1 is 1.23 bits per heavy atom. The van der Waals surface area contributed by atoms with Crippen molar-refractivity contribution in [2.45, 2.75) is 13.1 Å². The first kappa shape index (κ1) is 18.1. The number of rotatable bonds is 5. The number of benzene rings is 2. The molecule has 1 heterocycles. The average Bonchev–Trinajstić information content (AvgIpc) is 2.95. The minimum atomic E-state index is -0.731. The van der Waals surface area contributed by atoms with Crippen molar-refractivity contribution < 1.29 is 13.6 Å². The molecule has 0 unspecified atom stereocenters. The van der Waals surface area contributed by atoms with E-state index in [4.69, 9.17) is 11.6 Å². The Hall–Kier alpha value is -2.73. The van der Waals surface area contributed by atoms with Gasteiger partial charge in [-0.1, -0.05) is 29.8 Å². The first-order valence-electron chi connectivity index (χ1n) is 7.89. The summed E-state index contributed by atoms with van der Waals surface area (Å²) < 4.78 is 27.8. The van der Waals surface area contributed by atoms with Crippen molar-refractivity contribution in [3.63, 3.8) is 0 Å². The van der Waals surface area contributed by atoms with Crippen LogP contribution in [-0.4, -0.2) is 15.7 Å². The third-order valence-electron chi connectivity index (χ3n) is 3.89. The van der Waals surface area contributed by atoms with Gasteiger partial charge in [0.15, 0.2) is 0 Å². The van der Waals surface area contributed by atoms with Crippen LogP contribution >= 0.6 is 11.6 Å². The fraction of sp³-hybridized carbons (Fsp3) is 0.158. The van der Waals surface area contributed by atoms with E-state index in [1.54, 1.807) is 43.6 Å². The summed E-state index contributed by atoms with van der Waals surface area (Å²) in [5.74, 6) is -0.742. The van der Waals surface area contributed by atoms with E-state index in [0.717, 1.165) is 0 Å². The fourth-order valence-corrected chi connectivity index (χ4v) is 3.02. The molecule has 0 aliphatic carbocycles. The zero-order chi connectivity index (χ0) is 18.7. The Morgan fingerprint density at radius 3 is 2.73 bits per heavy atom. The summed E-state index contributed by atoms with van der Waals surface area (Å²) in [6.45, 7) is -0.731. The van der Waals surface area contributed by atoms with E-state index < -0.39 is 12.5 Å². The Labute approximate surface area is 154 Å². The van der Waals surface area contributed by atoms with Crippen molar-refractivity contribution >= 4 is 23.2 Å². The highest BCUT2D eigenvalue weighted by molar-refractivity contribution is 6.33. The number of carbonyl (C=O) groups is 1. The molecule has 0 spiro atoms. The molecule has 2 aromatic carbocycles. The number of para-hydroxylation sites is 1. The van der Waals surface area contributed by atoms with Crippen molar-refractivity contribution in [3.05, 3.63) is 70.8 Å². The number of amides is 1. The minimum absolute atomic E-state index is 0.00141. The molecule has 0 saturated heterocycles. The molecule has 0 aliphatic rings. The molecule has 0 radical (unpaired) electrons. The second-order valence-electron chi connectivity index (χ2n) is 5.80. The molecule has 1 aromatic heterocycles. The lowest BCUT2D eigenvalue weighted by Crippen LogP contribution is -2.15. The SMILES string of the molecule is Cn1cc(CC(=O)Nc2ccccc2-c2ccc(F)cc2Cl)c(CF)n1. The summed E-state index contributed by atoms with van der Waals surface area (Å²) >= 11 is 6.14. The molecule has 3 rings (SSSR count). The summed E-state index contributed by atoms with van der Waals surface area (Å²) in [7, 11) is 1.67. The maximum absolute atomic E-state index is 13.3. The molecule has 7 heteroatoms. The number of nitrogens with zero attached hydrogens (tertiary/aromatic N) is 2. The number of nitrogens with one attached hydrogen (secondary N) is 1. The van der Waals surface area contributed by atoms with E-state index in [1.807, 2.05) is 0 Å². The van der Waals surface area contributed by atoms with E-state index in [1.165, 1.54) is 16.8 Å². The zero-order valence-electron chi connectivity index (χ0n) is 14.0. The number of carbonyl (C=O) groups excluding carboxylic acids is 1. The van der Waals surface area contributed by atoms with Crippen molar-refractivity contribution in [3.8, 4) is 11.1 Å². The van der Waals surface area contributed by atoms with E-state index in [9.17, 15) is 13.6 Å². The van der Waals surface area contributed by atoms with E-state index in [0.29, 0.717) is 22.4 Å². The van der Waals surface area contributed by atoms with Crippen LogP contribution in [0.25, 0.3) is 11.1 Å². The van der Waals surface area contributed by atoms with E-state index >= 15 is 0 Å². The Bertz CT molecular complexity index is 956. The Kier molecular flexibility index (Phi) is 5.32. The molecule has 4 nitrogen and oxygen atoms in total. The van der Waals surface area contributed by atoms with Crippen molar-refractivity contribution in [1.82, 2.24) is 9.78 Å². The van der Waals surface area contributed by atoms with Gasteiger partial charge < -0.3 is 5.32 Å². The molecule has 0 fully saturated rings. The number of hydrogen-bond donors (Lipinski definition) is 1.